The van der Waals surface area contributed by atoms with E-state index in [0.29, 0.717) is 12.4 Å². The van der Waals surface area contributed by atoms with E-state index in [-0.39, 0.29) is 11.4 Å². The minimum atomic E-state index is -0.541. The van der Waals surface area contributed by atoms with Crippen molar-refractivity contribution >= 4 is 17.2 Å². The van der Waals surface area contributed by atoms with Gasteiger partial charge in [-0.15, -0.1) is 0 Å². The molecule has 0 bridgehead atoms. The smallest absolute Gasteiger partial charge is 0.137 e. The molecule has 0 aliphatic carbocycles. The van der Waals surface area contributed by atoms with E-state index in [1.807, 2.05) is 16.8 Å². The molecular weight excluding hydrogens is 239 g/mol. The summed E-state index contributed by atoms with van der Waals surface area (Å²) >= 11 is 1.57. The summed E-state index contributed by atoms with van der Waals surface area (Å²) in [5, 5.41) is 11.2. The van der Waals surface area contributed by atoms with E-state index in [1.165, 1.54) is 12.1 Å². The number of thiophene rings is 1. The Morgan fingerprint density at radius 3 is 2.88 bits per heavy atom. The first-order valence-corrected chi connectivity index (χ1v) is 5.89. The number of benzene rings is 1. The Bertz CT molecular complexity index is 525. The van der Waals surface area contributed by atoms with E-state index in [4.69, 9.17) is 15.9 Å². The summed E-state index contributed by atoms with van der Waals surface area (Å²) in [6.07, 6.45) is 0. The van der Waals surface area contributed by atoms with Gasteiger partial charge in [0.15, 0.2) is 0 Å². The summed E-state index contributed by atoms with van der Waals surface area (Å²) in [6.45, 7) is 0.341. The number of hydrogen-bond acceptors (Lipinski definition) is 3. The van der Waals surface area contributed by atoms with E-state index in [2.05, 4.69) is 0 Å². The fraction of sp³-hybridized carbons (Fsp3) is 0.0833. The van der Waals surface area contributed by atoms with Gasteiger partial charge in [0.25, 0.3) is 0 Å². The molecule has 2 rings (SSSR count). The molecule has 0 fully saturated rings. The van der Waals surface area contributed by atoms with Gasteiger partial charge in [0, 0.05) is 0 Å². The first-order valence-electron chi connectivity index (χ1n) is 4.95. The molecule has 0 aliphatic heterocycles. The van der Waals surface area contributed by atoms with Crippen LogP contribution in [-0.2, 0) is 6.61 Å². The third-order valence-corrected chi connectivity index (χ3v) is 2.95. The van der Waals surface area contributed by atoms with Crippen molar-refractivity contribution in [2.45, 2.75) is 6.61 Å². The number of ether oxygens (including phenoxy) is 1. The summed E-state index contributed by atoms with van der Waals surface area (Å²) in [6, 6.07) is 6.32. The fourth-order valence-corrected chi connectivity index (χ4v) is 2.08. The lowest BCUT2D eigenvalue weighted by Crippen LogP contribution is -2.15. The van der Waals surface area contributed by atoms with Gasteiger partial charge in [0.05, 0.1) is 5.56 Å². The molecule has 0 spiro atoms. The molecule has 0 saturated heterocycles. The molecule has 0 radical (unpaired) electrons. The number of nitrogens with two attached hydrogens (primary N) is 1. The first kappa shape index (κ1) is 11.6. The van der Waals surface area contributed by atoms with Crippen molar-refractivity contribution in [3.8, 4) is 5.75 Å². The zero-order valence-corrected chi connectivity index (χ0v) is 9.76. The van der Waals surface area contributed by atoms with Gasteiger partial charge < -0.3 is 10.5 Å². The highest BCUT2D eigenvalue weighted by Crippen LogP contribution is 2.22. The van der Waals surface area contributed by atoms with Crippen LogP contribution in [0, 0.1) is 11.2 Å². The van der Waals surface area contributed by atoms with Crippen molar-refractivity contribution in [3.63, 3.8) is 0 Å². The number of rotatable bonds is 4. The number of nitrogen functional groups attached to an aromatic ring is 1. The first-order chi connectivity index (χ1) is 8.18. The van der Waals surface area contributed by atoms with Crippen LogP contribution in [0.25, 0.3) is 0 Å². The number of nitrogens with one attached hydrogen (secondary N) is 1. The largest absolute Gasteiger partial charge is 0.488 e. The molecule has 0 atom stereocenters. The van der Waals surface area contributed by atoms with Crippen LogP contribution < -0.4 is 10.5 Å². The molecule has 3 nitrogen and oxygen atoms in total. The van der Waals surface area contributed by atoms with Gasteiger partial charge in [-0.05, 0) is 34.5 Å². The van der Waals surface area contributed by atoms with Gasteiger partial charge in [-0.3, -0.25) is 5.41 Å². The van der Waals surface area contributed by atoms with Crippen molar-refractivity contribution in [2.24, 2.45) is 5.73 Å². The highest BCUT2D eigenvalue weighted by molar-refractivity contribution is 7.07. The third kappa shape index (κ3) is 2.62. The second-order valence-electron chi connectivity index (χ2n) is 3.45. The van der Waals surface area contributed by atoms with Gasteiger partial charge in [-0.25, -0.2) is 4.39 Å². The van der Waals surface area contributed by atoms with Crippen LogP contribution in [0.4, 0.5) is 4.39 Å². The second kappa shape index (κ2) is 4.97. The molecule has 5 heteroatoms. The van der Waals surface area contributed by atoms with Crippen molar-refractivity contribution in [1.82, 2.24) is 0 Å². The topological polar surface area (TPSA) is 59.1 Å². The zero-order valence-electron chi connectivity index (χ0n) is 8.94. The Kier molecular flexibility index (Phi) is 3.39. The van der Waals surface area contributed by atoms with Gasteiger partial charge in [-0.1, -0.05) is 6.07 Å². The Balaban J connectivity index is 2.21. The molecule has 1 aromatic heterocycles. The fourth-order valence-electron chi connectivity index (χ4n) is 1.42. The van der Waals surface area contributed by atoms with E-state index in [0.717, 1.165) is 5.56 Å². The maximum atomic E-state index is 13.5. The van der Waals surface area contributed by atoms with Crippen molar-refractivity contribution in [3.05, 3.63) is 52.0 Å². The van der Waals surface area contributed by atoms with Crippen LogP contribution in [-0.4, -0.2) is 5.84 Å². The third-order valence-electron chi connectivity index (χ3n) is 2.22. The zero-order chi connectivity index (χ0) is 12.3. The molecule has 0 aliphatic rings. The lowest BCUT2D eigenvalue weighted by molar-refractivity contribution is 0.304. The lowest BCUT2D eigenvalue weighted by atomic mass is 10.1. The van der Waals surface area contributed by atoms with Crippen LogP contribution in [0.1, 0.15) is 11.1 Å². The van der Waals surface area contributed by atoms with Crippen LogP contribution in [0.2, 0.25) is 0 Å². The molecule has 1 aromatic carbocycles. The second-order valence-corrected chi connectivity index (χ2v) is 4.23. The van der Waals surface area contributed by atoms with Gasteiger partial charge in [0.1, 0.15) is 24.0 Å². The molecule has 88 valence electrons. The van der Waals surface area contributed by atoms with Crippen LogP contribution >= 0.6 is 11.3 Å². The minimum absolute atomic E-state index is 0.0164. The van der Waals surface area contributed by atoms with E-state index >= 15 is 0 Å². The Morgan fingerprint density at radius 2 is 2.24 bits per heavy atom. The molecule has 2 aromatic rings. The summed E-state index contributed by atoms with van der Waals surface area (Å²) in [5.74, 6) is -0.576. The maximum Gasteiger partial charge on any atom is 0.137 e. The predicted octanol–water partition coefficient (Wildman–Crippen LogP) is 2.75. The molecular formula is C12H11FN2OS. The molecule has 0 saturated carbocycles. The summed E-state index contributed by atoms with van der Waals surface area (Å²) in [5.41, 5.74) is 6.35. The quantitative estimate of drug-likeness (QED) is 0.647. The van der Waals surface area contributed by atoms with Crippen molar-refractivity contribution in [1.29, 1.82) is 5.41 Å². The Hall–Kier alpha value is -1.88. The lowest BCUT2D eigenvalue weighted by Gasteiger charge is -2.10. The average molecular weight is 250 g/mol. The standard InChI is InChI=1S/C12H11FN2OS/c13-9-2-1-3-10(11(9)12(14)15)16-6-8-4-5-17-7-8/h1-5,7H,6H2,(H3,14,15). The summed E-state index contributed by atoms with van der Waals surface area (Å²) in [7, 11) is 0. The van der Waals surface area contributed by atoms with Crippen molar-refractivity contribution in [2.75, 3.05) is 0 Å². The summed E-state index contributed by atoms with van der Waals surface area (Å²) < 4.78 is 18.9. The van der Waals surface area contributed by atoms with Crippen LogP contribution in [0.15, 0.2) is 35.0 Å². The number of amidine groups is 1. The van der Waals surface area contributed by atoms with E-state index < -0.39 is 5.82 Å². The molecule has 1 heterocycles. The minimum Gasteiger partial charge on any atom is -0.488 e. The van der Waals surface area contributed by atoms with Crippen LogP contribution in [0.5, 0.6) is 5.75 Å². The maximum absolute atomic E-state index is 13.5. The molecule has 0 amide bonds. The SMILES string of the molecule is N=C(N)c1c(F)cccc1OCc1ccsc1. The number of halogens is 1. The number of hydrogen-bond donors (Lipinski definition) is 2. The Labute approximate surface area is 102 Å². The van der Waals surface area contributed by atoms with Gasteiger partial charge in [-0.2, -0.15) is 11.3 Å². The van der Waals surface area contributed by atoms with Crippen molar-refractivity contribution < 1.29 is 9.13 Å². The van der Waals surface area contributed by atoms with Gasteiger partial charge in [0.2, 0.25) is 0 Å². The normalized spacial score (nSPS) is 10.2. The predicted molar refractivity (Wildman–Crippen MR) is 66.1 cm³/mol. The van der Waals surface area contributed by atoms with E-state index in [9.17, 15) is 4.39 Å². The van der Waals surface area contributed by atoms with Crippen LogP contribution in [0.3, 0.4) is 0 Å². The Morgan fingerprint density at radius 1 is 1.41 bits per heavy atom. The highest BCUT2D eigenvalue weighted by Gasteiger charge is 2.12. The highest BCUT2D eigenvalue weighted by atomic mass is 32.1. The molecule has 17 heavy (non-hydrogen) atoms. The monoisotopic (exact) mass is 250 g/mol. The molecule has 0 unspecified atom stereocenters. The average Bonchev–Trinajstić information content (AvgIpc) is 2.78. The van der Waals surface area contributed by atoms with Gasteiger partial charge >= 0.3 is 0 Å². The van der Waals surface area contributed by atoms with E-state index in [1.54, 1.807) is 17.4 Å². The molecule has 3 N–H and O–H groups in total. The summed E-state index contributed by atoms with van der Waals surface area (Å²) in [4.78, 5) is 0.